The first-order valence-electron chi connectivity index (χ1n) is 7.43. The van der Waals surface area contributed by atoms with E-state index in [1.165, 1.54) is 0 Å². The molecule has 0 spiro atoms. The summed E-state index contributed by atoms with van der Waals surface area (Å²) in [5.41, 5.74) is 5.93. The third-order valence-corrected chi connectivity index (χ3v) is 3.69. The van der Waals surface area contributed by atoms with Crippen molar-refractivity contribution >= 4 is 5.91 Å². The maximum Gasteiger partial charge on any atom is 0.244 e. The molecule has 0 radical (unpaired) electrons. The van der Waals surface area contributed by atoms with E-state index in [2.05, 4.69) is 5.32 Å². The van der Waals surface area contributed by atoms with Gasteiger partial charge in [0.15, 0.2) is 0 Å². The van der Waals surface area contributed by atoms with E-state index in [1.54, 1.807) is 6.92 Å². The van der Waals surface area contributed by atoms with E-state index in [0.717, 1.165) is 25.0 Å². The van der Waals surface area contributed by atoms with Gasteiger partial charge < -0.3 is 20.5 Å². The van der Waals surface area contributed by atoms with Crippen molar-refractivity contribution in [1.29, 1.82) is 0 Å². The van der Waals surface area contributed by atoms with E-state index < -0.39 is 5.54 Å². The van der Waals surface area contributed by atoms with Gasteiger partial charge in [0.05, 0.1) is 12.7 Å². The van der Waals surface area contributed by atoms with Gasteiger partial charge >= 0.3 is 0 Å². The van der Waals surface area contributed by atoms with Crippen molar-refractivity contribution in [2.75, 3.05) is 26.4 Å². The molecule has 2 rings (SSSR count). The Hall–Kier alpha value is -1.43. The fourth-order valence-electron chi connectivity index (χ4n) is 2.27. The second-order valence-electron chi connectivity index (χ2n) is 5.53. The van der Waals surface area contributed by atoms with Gasteiger partial charge in [-0.3, -0.25) is 4.79 Å². The minimum atomic E-state index is -1.01. The van der Waals surface area contributed by atoms with Crippen molar-refractivity contribution < 1.29 is 14.3 Å². The Kier molecular flexibility index (Phi) is 5.73. The van der Waals surface area contributed by atoms with Gasteiger partial charge in [0, 0.05) is 19.8 Å². The number of amides is 1. The summed E-state index contributed by atoms with van der Waals surface area (Å²) >= 11 is 0. The molecule has 0 bridgehead atoms. The molecule has 1 aromatic carbocycles. The monoisotopic (exact) mass is 292 g/mol. The van der Waals surface area contributed by atoms with Crippen LogP contribution in [0.5, 0.6) is 0 Å². The third kappa shape index (κ3) is 4.52. The van der Waals surface area contributed by atoms with Crippen LogP contribution >= 0.6 is 0 Å². The summed E-state index contributed by atoms with van der Waals surface area (Å²) < 4.78 is 10.9. The average Bonchev–Trinajstić information content (AvgIpc) is 3.01. The number of hydrogen-bond donors (Lipinski definition) is 2. The molecule has 2 atom stereocenters. The maximum atomic E-state index is 12.2. The van der Waals surface area contributed by atoms with Gasteiger partial charge in [-0.25, -0.2) is 0 Å². The summed E-state index contributed by atoms with van der Waals surface area (Å²) in [7, 11) is 0. The Bertz CT molecular complexity index is 442. The molecule has 3 N–H and O–H groups in total. The molecule has 1 amide bonds. The summed E-state index contributed by atoms with van der Waals surface area (Å²) in [4.78, 5) is 12.2. The molecule has 1 aliphatic rings. The van der Waals surface area contributed by atoms with Crippen LogP contribution in [0.2, 0.25) is 0 Å². The number of benzene rings is 1. The highest BCUT2D eigenvalue weighted by Gasteiger charge is 2.29. The Morgan fingerprint density at radius 2 is 2.24 bits per heavy atom. The van der Waals surface area contributed by atoms with Gasteiger partial charge in [0.1, 0.15) is 5.54 Å². The van der Waals surface area contributed by atoms with Crippen molar-refractivity contribution in [2.45, 2.75) is 31.4 Å². The highest BCUT2D eigenvalue weighted by atomic mass is 16.5. The normalized spacial score (nSPS) is 21.0. The Balaban J connectivity index is 1.69. The molecule has 1 heterocycles. The van der Waals surface area contributed by atoms with Crippen LogP contribution in [0.25, 0.3) is 0 Å². The van der Waals surface area contributed by atoms with Crippen LogP contribution in [0.15, 0.2) is 30.3 Å². The van der Waals surface area contributed by atoms with Crippen LogP contribution < -0.4 is 11.1 Å². The summed E-state index contributed by atoms with van der Waals surface area (Å²) in [6.07, 6.45) is 1.94. The molecule has 1 fully saturated rings. The Morgan fingerprint density at radius 1 is 1.48 bits per heavy atom. The molecule has 0 saturated carbocycles. The van der Waals surface area contributed by atoms with Gasteiger partial charge in [-0.1, -0.05) is 30.3 Å². The zero-order valence-electron chi connectivity index (χ0n) is 12.5. The summed E-state index contributed by atoms with van der Waals surface area (Å²) in [5.74, 6) is -0.169. The zero-order chi connectivity index (χ0) is 15.1. The molecule has 2 unspecified atom stereocenters. The number of carbonyl (C=O) groups is 1. The predicted octanol–water partition coefficient (Wildman–Crippen LogP) is 1.17. The Labute approximate surface area is 125 Å². The first-order valence-corrected chi connectivity index (χ1v) is 7.43. The van der Waals surface area contributed by atoms with E-state index in [1.807, 2.05) is 30.3 Å². The standard InChI is InChI=1S/C16H24N2O3/c1-16(17,13-6-3-2-4-7-13)15(19)18-9-5-10-21-14-8-11-20-12-14/h2-4,6-7,14H,5,8-12,17H2,1H3,(H,18,19). The van der Waals surface area contributed by atoms with Crippen LogP contribution in [-0.4, -0.2) is 38.4 Å². The number of nitrogens with two attached hydrogens (primary N) is 1. The SMILES string of the molecule is CC(N)(C(=O)NCCCOC1CCOC1)c1ccccc1. The van der Waals surface area contributed by atoms with E-state index in [-0.39, 0.29) is 12.0 Å². The maximum absolute atomic E-state index is 12.2. The highest BCUT2D eigenvalue weighted by Crippen LogP contribution is 2.17. The van der Waals surface area contributed by atoms with Crippen molar-refractivity contribution in [1.82, 2.24) is 5.32 Å². The molecule has 1 aromatic rings. The number of hydrogen-bond acceptors (Lipinski definition) is 4. The lowest BCUT2D eigenvalue weighted by molar-refractivity contribution is -0.126. The van der Waals surface area contributed by atoms with Crippen molar-refractivity contribution in [2.24, 2.45) is 5.73 Å². The molecule has 0 aromatic heterocycles. The molecule has 1 aliphatic heterocycles. The average molecular weight is 292 g/mol. The minimum Gasteiger partial charge on any atom is -0.379 e. The lowest BCUT2D eigenvalue weighted by Gasteiger charge is -2.24. The second-order valence-corrected chi connectivity index (χ2v) is 5.53. The second kappa shape index (κ2) is 7.54. The van der Waals surface area contributed by atoms with Gasteiger partial charge in [-0.15, -0.1) is 0 Å². The highest BCUT2D eigenvalue weighted by molar-refractivity contribution is 5.86. The molecule has 21 heavy (non-hydrogen) atoms. The largest absolute Gasteiger partial charge is 0.379 e. The van der Waals surface area contributed by atoms with E-state index in [4.69, 9.17) is 15.2 Å². The number of carbonyl (C=O) groups excluding carboxylic acids is 1. The summed E-state index contributed by atoms with van der Waals surface area (Å²) in [6.45, 7) is 4.38. The molecule has 116 valence electrons. The van der Waals surface area contributed by atoms with Crippen molar-refractivity contribution in [3.05, 3.63) is 35.9 Å². The zero-order valence-corrected chi connectivity index (χ0v) is 12.5. The third-order valence-electron chi connectivity index (χ3n) is 3.69. The van der Waals surface area contributed by atoms with Crippen molar-refractivity contribution in [3.63, 3.8) is 0 Å². The van der Waals surface area contributed by atoms with Gasteiger partial charge in [0.2, 0.25) is 5.91 Å². The smallest absolute Gasteiger partial charge is 0.244 e. The first kappa shape index (κ1) is 15.9. The number of ether oxygens (including phenoxy) is 2. The molecule has 1 saturated heterocycles. The molecule has 5 nitrogen and oxygen atoms in total. The molecular weight excluding hydrogens is 268 g/mol. The molecule has 0 aliphatic carbocycles. The van der Waals surface area contributed by atoms with Crippen LogP contribution in [0, 0.1) is 0 Å². The van der Waals surface area contributed by atoms with Gasteiger partial charge in [-0.2, -0.15) is 0 Å². The Morgan fingerprint density at radius 3 is 2.90 bits per heavy atom. The van der Waals surface area contributed by atoms with Gasteiger partial charge in [0.25, 0.3) is 0 Å². The summed E-state index contributed by atoms with van der Waals surface area (Å²) in [5, 5.41) is 2.87. The number of rotatable bonds is 7. The van der Waals surface area contributed by atoms with Crippen molar-refractivity contribution in [3.8, 4) is 0 Å². The molecule has 5 heteroatoms. The minimum absolute atomic E-state index is 0.169. The van der Waals surface area contributed by atoms with Gasteiger partial charge in [-0.05, 0) is 25.3 Å². The van der Waals surface area contributed by atoms with Crippen LogP contribution in [-0.2, 0) is 19.8 Å². The van der Waals surface area contributed by atoms with E-state index in [9.17, 15) is 4.79 Å². The fourth-order valence-corrected chi connectivity index (χ4v) is 2.27. The quantitative estimate of drug-likeness (QED) is 0.740. The van der Waals surface area contributed by atoms with E-state index >= 15 is 0 Å². The van der Waals surface area contributed by atoms with Crippen LogP contribution in [0.4, 0.5) is 0 Å². The first-order chi connectivity index (χ1) is 10.1. The topological polar surface area (TPSA) is 73.6 Å². The summed E-state index contributed by atoms with van der Waals surface area (Å²) in [6, 6.07) is 9.39. The fraction of sp³-hybridized carbons (Fsp3) is 0.562. The van der Waals surface area contributed by atoms with Crippen LogP contribution in [0.1, 0.15) is 25.3 Å². The lowest BCUT2D eigenvalue weighted by Crippen LogP contribution is -2.49. The lowest BCUT2D eigenvalue weighted by atomic mass is 9.92. The van der Waals surface area contributed by atoms with Crippen LogP contribution in [0.3, 0.4) is 0 Å². The van der Waals surface area contributed by atoms with E-state index in [0.29, 0.717) is 19.8 Å². The predicted molar refractivity (Wildman–Crippen MR) is 80.8 cm³/mol. The molecular formula is C16H24N2O3. The number of nitrogens with one attached hydrogen (secondary N) is 1.